The summed E-state index contributed by atoms with van der Waals surface area (Å²) in [6, 6.07) is 15.2. The number of hydrogen-bond acceptors (Lipinski definition) is 4. The molecule has 1 unspecified atom stereocenters. The lowest BCUT2D eigenvalue weighted by atomic mass is 9.84. The largest absolute Gasteiger partial charge is 0.490 e. The zero-order valence-corrected chi connectivity index (χ0v) is 15.7. The Labute approximate surface area is 163 Å². The average Bonchev–Trinajstić information content (AvgIpc) is 3.09. The van der Waals surface area contributed by atoms with Gasteiger partial charge in [-0.2, -0.15) is 0 Å². The van der Waals surface area contributed by atoms with Crippen LogP contribution in [0.4, 0.5) is 5.69 Å². The van der Waals surface area contributed by atoms with Crippen molar-refractivity contribution in [3.63, 3.8) is 0 Å². The minimum absolute atomic E-state index is 0.0436. The van der Waals surface area contributed by atoms with E-state index in [1.165, 1.54) is 0 Å². The minimum Gasteiger partial charge on any atom is -0.490 e. The van der Waals surface area contributed by atoms with Gasteiger partial charge in [0.15, 0.2) is 0 Å². The van der Waals surface area contributed by atoms with Gasteiger partial charge in [0.1, 0.15) is 19.0 Å². The number of esters is 1. The molecule has 1 atom stereocenters. The first kappa shape index (κ1) is 18.0. The number of rotatable bonds is 5. The first-order valence-corrected chi connectivity index (χ1v) is 9.22. The van der Waals surface area contributed by atoms with Crippen molar-refractivity contribution >= 4 is 17.6 Å². The van der Waals surface area contributed by atoms with E-state index in [1.54, 1.807) is 11.0 Å². The lowest BCUT2D eigenvalue weighted by Crippen LogP contribution is -2.37. The molecule has 0 bridgehead atoms. The fraction of sp³-hybridized carbons (Fsp3) is 0.217. The van der Waals surface area contributed by atoms with Gasteiger partial charge in [-0.05, 0) is 36.8 Å². The summed E-state index contributed by atoms with van der Waals surface area (Å²) in [5.41, 5.74) is 3.97. The van der Waals surface area contributed by atoms with E-state index in [9.17, 15) is 9.59 Å². The highest BCUT2D eigenvalue weighted by Gasteiger charge is 2.42. The number of ether oxygens (including phenoxy) is 2. The maximum absolute atomic E-state index is 13.0. The third-order valence-corrected chi connectivity index (χ3v) is 5.06. The van der Waals surface area contributed by atoms with Gasteiger partial charge in [-0.3, -0.25) is 9.69 Å². The van der Waals surface area contributed by atoms with Crippen LogP contribution in [-0.4, -0.2) is 25.1 Å². The summed E-state index contributed by atoms with van der Waals surface area (Å²) in [7, 11) is 0. The molecule has 0 aliphatic carbocycles. The van der Waals surface area contributed by atoms with Gasteiger partial charge < -0.3 is 9.47 Å². The number of amides is 1. The number of anilines is 1. The predicted molar refractivity (Wildman–Crippen MR) is 106 cm³/mol. The Morgan fingerprint density at radius 2 is 1.86 bits per heavy atom. The van der Waals surface area contributed by atoms with Crippen LogP contribution >= 0.6 is 0 Å². The number of benzene rings is 2. The number of hydrogen-bond donors (Lipinski definition) is 0. The van der Waals surface area contributed by atoms with Crippen LogP contribution in [0.3, 0.4) is 0 Å². The highest BCUT2D eigenvalue weighted by atomic mass is 16.5. The molecule has 0 aromatic heterocycles. The molecule has 0 saturated heterocycles. The first-order valence-electron chi connectivity index (χ1n) is 9.22. The molecule has 1 amide bonds. The molecule has 0 radical (unpaired) electrons. The average molecular weight is 375 g/mol. The second-order valence-electron chi connectivity index (χ2n) is 6.93. The Hall–Kier alpha value is -3.34. The van der Waals surface area contributed by atoms with E-state index >= 15 is 0 Å². The summed E-state index contributed by atoms with van der Waals surface area (Å²) in [6.07, 6.45) is 1.90. The van der Waals surface area contributed by atoms with Crippen LogP contribution in [0.5, 0.6) is 5.75 Å². The van der Waals surface area contributed by atoms with Gasteiger partial charge in [0.25, 0.3) is 0 Å². The quantitative estimate of drug-likeness (QED) is 0.588. The smallest absolute Gasteiger partial charge is 0.336 e. The highest BCUT2D eigenvalue weighted by Crippen LogP contribution is 2.42. The lowest BCUT2D eigenvalue weighted by Gasteiger charge is -2.32. The van der Waals surface area contributed by atoms with E-state index in [4.69, 9.17) is 9.47 Å². The number of aryl methyl sites for hydroxylation is 1. The molecule has 2 heterocycles. The van der Waals surface area contributed by atoms with Crippen LogP contribution in [0.25, 0.3) is 0 Å². The van der Waals surface area contributed by atoms with Crippen LogP contribution in [0, 0.1) is 6.92 Å². The number of cyclic esters (lactones) is 1. The summed E-state index contributed by atoms with van der Waals surface area (Å²) in [5, 5.41) is 0. The van der Waals surface area contributed by atoms with Crippen molar-refractivity contribution in [3.05, 3.63) is 83.6 Å². The molecule has 0 fully saturated rings. The Morgan fingerprint density at radius 3 is 2.54 bits per heavy atom. The Morgan fingerprint density at radius 1 is 1.14 bits per heavy atom. The van der Waals surface area contributed by atoms with Crippen LogP contribution in [-0.2, 0) is 14.3 Å². The normalized spacial score (nSPS) is 18.8. The van der Waals surface area contributed by atoms with E-state index < -0.39 is 0 Å². The van der Waals surface area contributed by atoms with E-state index in [0.29, 0.717) is 17.9 Å². The molecule has 28 heavy (non-hydrogen) atoms. The fourth-order valence-corrected chi connectivity index (χ4v) is 3.68. The van der Waals surface area contributed by atoms with Crippen LogP contribution in [0.15, 0.2) is 72.5 Å². The zero-order valence-electron chi connectivity index (χ0n) is 15.7. The third kappa shape index (κ3) is 3.20. The fourth-order valence-electron chi connectivity index (χ4n) is 3.68. The number of carbonyl (C=O) groups excluding carboxylic acids is 2. The lowest BCUT2D eigenvalue weighted by molar-refractivity contribution is -0.136. The SMILES string of the molecule is C=CCOc1ccc(C2CC(=O)N(c3ccc(C)cc3)C3=C2C(=O)OC3)cc1. The van der Waals surface area contributed by atoms with E-state index in [2.05, 4.69) is 6.58 Å². The first-order chi connectivity index (χ1) is 13.6. The van der Waals surface area contributed by atoms with Crippen molar-refractivity contribution in [1.29, 1.82) is 0 Å². The van der Waals surface area contributed by atoms with Gasteiger partial charge in [-0.1, -0.05) is 42.5 Å². The Balaban J connectivity index is 1.70. The van der Waals surface area contributed by atoms with Crippen molar-refractivity contribution in [1.82, 2.24) is 0 Å². The minimum atomic E-state index is -0.350. The number of nitrogens with zero attached hydrogens (tertiary/aromatic N) is 1. The van der Waals surface area contributed by atoms with Crippen molar-refractivity contribution in [2.75, 3.05) is 18.1 Å². The summed E-state index contributed by atoms with van der Waals surface area (Å²) in [6.45, 7) is 6.17. The van der Waals surface area contributed by atoms with Crippen LogP contribution < -0.4 is 9.64 Å². The van der Waals surface area contributed by atoms with Gasteiger partial charge >= 0.3 is 5.97 Å². The van der Waals surface area contributed by atoms with Gasteiger partial charge in [0.2, 0.25) is 5.91 Å². The molecule has 5 heteroatoms. The molecule has 0 saturated carbocycles. The van der Waals surface area contributed by atoms with Gasteiger partial charge in [0, 0.05) is 18.0 Å². The molecule has 2 aliphatic rings. The summed E-state index contributed by atoms with van der Waals surface area (Å²) in [5.74, 6) is 0.0115. The van der Waals surface area contributed by atoms with Gasteiger partial charge in [-0.15, -0.1) is 0 Å². The molecule has 2 aromatic carbocycles. The molecule has 5 nitrogen and oxygen atoms in total. The van der Waals surface area contributed by atoms with Crippen molar-refractivity contribution in [2.24, 2.45) is 0 Å². The predicted octanol–water partition coefficient (Wildman–Crippen LogP) is 3.89. The molecule has 0 spiro atoms. The maximum atomic E-state index is 13.0. The summed E-state index contributed by atoms with van der Waals surface area (Å²) in [4.78, 5) is 27.1. The molecular formula is C23H21NO4. The van der Waals surface area contributed by atoms with Gasteiger partial charge in [0.05, 0.1) is 11.3 Å². The number of carbonyl (C=O) groups is 2. The monoisotopic (exact) mass is 375 g/mol. The maximum Gasteiger partial charge on any atom is 0.336 e. The summed E-state index contributed by atoms with van der Waals surface area (Å²) < 4.78 is 10.8. The van der Waals surface area contributed by atoms with Gasteiger partial charge in [-0.25, -0.2) is 4.79 Å². The Bertz CT molecular complexity index is 957. The van der Waals surface area contributed by atoms with E-state index in [-0.39, 0.29) is 30.8 Å². The molecular weight excluding hydrogens is 354 g/mol. The second kappa shape index (κ2) is 7.35. The third-order valence-electron chi connectivity index (χ3n) is 5.06. The van der Waals surface area contributed by atoms with Crippen molar-refractivity contribution in [3.8, 4) is 5.75 Å². The summed E-state index contributed by atoms with van der Waals surface area (Å²) >= 11 is 0. The van der Waals surface area contributed by atoms with E-state index in [0.717, 1.165) is 22.6 Å². The molecule has 2 aliphatic heterocycles. The second-order valence-corrected chi connectivity index (χ2v) is 6.93. The van der Waals surface area contributed by atoms with Crippen molar-refractivity contribution in [2.45, 2.75) is 19.3 Å². The molecule has 0 N–H and O–H groups in total. The Kier molecular flexibility index (Phi) is 4.74. The molecule has 2 aromatic rings. The van der Waals surface area contributed by atoms with Crippen LogP contribution in [0.2, 0.25) is 0 Å². The standard InChI is InChI=1S/C23H21NO4/c1-3-12-27-18-10-6-16(7-11-18)19-13-21(25)24(17-8-4-15(2)5-9-17)20-14-28-23(26)22(19)20/h3-11,19H,1,12-14H2,2H3. The van der Waals surface area contributed by atoms with Crippen LogP contribution in [0.1, 0.15) is 23.5 Å². The van der Waals surface area contributed by atoms with Crippen molar-refractivity contribution < 1.29 is 19.1 Å². The molecule has 142 valence electrons. The molecule has 4 rings (SSSR count). The van der Waals surface area contributed by atoms with E-state index in [1.807, 2.05) is 55.5 Å². The highest BCUT2D eigenvalue weighted by molar-refractivity contribution is 6.06. The zero-order chi connectivity index (χ0) is 19.7. The topological polar surface area (TPSA) is 55.8 Å².